The third kappa shape index (κ3) is 1.09. The van der Waals surface area contributed by atoms with Gasteiger partial charge in [0.15, 0.2) is 5.82 Å². The van der Waals surface area contributed by atoms with Gasteiger partial charge in [-0.15, -0.1) is 8.42 Å². The molecule has 0 amide bonds. The van der Waals surface area contributed by atoms with Gasteiger partial charge in [0.2, 0.25) is 5.75 Å². The third-order valence-corrected chi connectivity index (χ3v) is 2.01. The van der Waals surface area contributed by atoms with Crippen molar-refractivity contribution in [1.82, 2.24) is 9.71 Å². The maximum Gasteiger partial charge on any atom is 0.520 e. The smallest absolute Gasteiger partial charge is 0.379 e. The molecule has 8 nitrogen and oxygen atoms in total. The summed E-state index contributed by atoms with van der Waals surface area (Å²) in [5, 5.41) is 0. The number of nitrogens with two attached hydrogens (primary N) is 1. The van der Waals surface area contributed by atoms with Crippen LogP contribution < -0.4 is 19.9 Å². The fraction of sp³-hybridized carbons (Fsp3) is 0. The molecule has 1 aromatic heterocycles. The molecule has 0 aromatic carbocycles. The molecule has 13 heavy (non-hydrogen) atoms. The van der Waals surface area contributed by atoms with E-state index in [1.54, 1.807) is 0 Å². The first kappa shape index (κ1) is 7.86. The second-order valence-electron chi connectivity index (χ2n) is 2.15. The van der Waals surface area contributed by atoms with Crippen molar-refractivity contribution in [3.8, 4) is 5.75 Å². The van der Waals surface area contributed by atoms with Crippen molar-refractivity contribution < 1.29 is 16.9 Å². The SMILES string of the molecule is Nc1c2cnc(=O)n1OS(=O)(=O)O2. The van der Waals surface area contributed by atoms with Crippen LogP contribution in [0, 0.1) is 0 Å². The number of fused-ring (bicyclic) bond motifs is 2. The van der Waals surface area contributed by atoms with Crippen molar-refractivity contribution in [2.45, 2.75) is 0 Å². The lowest BCUT2D eigenvalue weighted by Gasteiger charge is -2.16. The van der Waals surface area contributed by atoms with Crippen LogP contribution in [0.3, 0.4) is 0 Å². The monoisotopic (exact) mass is 205 g/mol. The minimum Gasteiger partial charge on any atom is -0.379 e. The van der Waals surface area contributed by atoms with Gasteiger partial charge in [0.25, 0.3) is 0 Å². The second kappa shape index (κ2) is 2.13. The second-order valence-corrected chi connectivity index (χ2v) is 3.28. The van der Waals surface area contributed by atoms with Crippen molar-refractivity contribution in [3.05, 3.63) is 16.7 Å². The predicted octanol–water partition coefficient (Wildman–Crippen LogP) is -2.11. The maximum absolute atomic E-state index is 10.9. The molecule has 0 saturated heterocycles. The van der Waals surface area contributed by atoms with Crippen LogP contribution in [0.25, 0.3) is 0 Å². The fourth-order valence-electron chi connectivity index (χ4n) is 0.788. The van der Waals surface area contributed by atoms with Gasteiger partial charge in [-0.3, -0.25) is 4.28 Å². The van der Waals surface area contributed by atoms with E-state index in [2.05, 4.69) is 13.5 Å². The van der Waals surface area contributed by atoms with Crippen molar-refractivity contribution in [3.63, 3.8) is 0 Å². The topological polar surface area (TPSA) is 114 Å². The summed E-state index contributed by atoms with van der Waals surface area (Å²) in [5.74, 6) is -0.472. The van der Waals surface area contributed by atoms with Gasteiger partial charge in [-0.2, -0.15) is 4.98 Å². The Morgan fingerprint density at radius 2 is 2.23 bits per heavy atom. The summed E-state index contributed by atoms with van der Waals surface area (Å²) in [4.78, 5) is 14.1. The molecule has 2 heterocycles. The highest BCUT2D eigenvalue weighted by Crippen LogP contribution is 2.22. The zero-order valence-corrected chi connectivity index (χ0v) is 6.82. The zero-order valence-electron chi connectivity index (χ0n) is 6.00. The van der Waals surface area contributed by atoms with Gasteiger partial charge in [0, 0.05) is 0 Å². The average Bonchev–Trinajstić information content (AvgIpc) is 2.02. The van der Waals surface area contributed by atoms with Crippen LogP contribution in [-0.2, 0) is 10.4 Å². The minimum atomic E-state index is -4.23. The number of nitrogens with zero attached hydrogens (tertiary/aromatic N) is 2. The summed E-state index contributed by atoms with van der Waals surface area (Å²) in [7, 11) is -4.23. The molecule has 1 aromatic rings. The zero-order chi connectivity index (χ0) is 9.64. The van der Waals surface area contributed by atoms with Crippen molar-refractivity contribution in [2.75, 3.05) is 5.73 Å². The van der Waals surface area contributed by atoms with Crippen LogP contribution in [0.15, 0.2) is 11.0 Å². The van der Waals surface area contributed by atoms with Crippen LogP contribution in [0.5, 0.6) is 5.75 Å². The highest BCUT2D eigenvalue weighted by atomic mass is 32.3. The number of hydrogen-bond acceptors (Lipinski definition) is 7. The molecular formula is C4H3N3O5S. The molecule has 0 aliphatic carbocycles. The van der Waals surface area contributed by atoms with Gasteiger partial charge >= 0.3 is 16.1 Å². The van der Waals surface area contributed by atoms with Gasteiger partial charge < -0.3 is 9.92 Å². The summed E-state index contributed by atoms with van der Waals surface area (Å²) in [6, 6.07) is 0. The van der Waals surface area contributed by atoms with E-state index in [-0.39, 0.29) is 11.6 Å². The third-order valence-electron chi connectivity index (χ3n) is 1.29. The largest absolute Gasteiger partial charge is 0.520 e. The molecule has 1 aliphatic rings. The van der Waals surface area contributed by atoms with Gasteiger partial charge in [-0.25, -0.2) is 4.79 Å². The molecule has 1 aliphatic heterocycles. The van der Waals surface area contributed by atoms with E-state index in [4.69, 9.17) is 5.73 Å². The molecule has 0 radical (unpaired) electrons. The van der Waals surface area contributed by atoms with E-state index in [0.717, 1.165) is 6.20 Å². The molecule has 70 valence electrons. The predicted molar refractivity (Wildman–Crippen MR) is 39.0 cm³/mol. The number of nitrogen functional groups attached to an aromatic ring is 1. The minimum absolute atomic E-state index is 0.231. The quantitative estimate of drug-likeness (QED) is 0.515. The summed E-state index contributed by atoms with van der Waals surface area (Å²) in [5.41, 5.74) is 4.35. The Bertz CT molecular complexity index is 517. The lowest BCUT2D eigenvalue weighted by molar-refractivity contribution is 0.215. The molecule has 2 rings (SSSR count). The van der Waals surface area contributed by atoms with Gasteiger partial charge in [-0.05, 0) is 0 Å². The van der Waals surface area contributed by atoms with E-state index in [0.29, 0.717) is 4.73 Å². The van der Waals surface area contributed by atoms with E-state index in [9.17, 15) is 13.2 Å². The van der Waals surface area contributed by atoms with Crippen LogP contribution in [0.2, 0.25) is 0 Å². The first-order valence-corrected chi connectivity index (χ1v) is 4.35. The molecule has 2 N–H and O–H groups in total. The lowest BCUT2D eigenvalue weighted by atomic mass is 10.5. The molecule has 0 fully saturated rings. The van der Waals surface area contributed by atoms with Crippen molar-refractivity contribution >= 4 is 16.2 Å². The van der Waals surface area contributed by atoms with E-state index >= 15 is 0 Å². The Labute approximate surface area is 71.8 Å². The number of hydrogen-bond donors (Lipinski definition) is 1. The van der Waals surface area contributed by atoms with Gasteiger partial charge in [-0.1, -0.05) is 4.73 Å². The first-order chi connectivity index (χ1) is 5.99. The van der Waals surface area contributed by atoms with Gasteiger partial charge in [0.1, 0.15) is 0 Å². The Morgan fingerprint density at radius 1 is 1.54 bits per heavy atom. The normalized spacial score (nSPS) is 17.2. The summed E-state index contributed by atoms with van der Waals surface area (Å²) < 4.78 is 30.2. The Kier molecular flexibility index (Phi) is 1.29. The van der Waals surface area contributed by atoms with Crippen molar-refractivity contribution in [2.24, 2.45) is 0 Å². The molecule has 9 heteroatoms. The Balaban J connectivity index is 2.79. The summed E-state index contributed by atoms with van der Waals surface area (Å²) in [6.07, 6.45) is 0.911. The molecule has 2 bridgehead atoms. The number of rotatable bonds is 0. The molecule has 0 saturated carbocycles. The van der Waals surface area contributed by atoms with Crippen molar-refractivity contribution in [1.29, 1.82) is 0 Å². The highest BCUT2D eigenvalue weighted by Gasteiger charge is 2.28. The Hall–Kier alpha value is -1.77. The summed E-state index contributed by atoms with van der Waals surface area (Å²) >= 11 is 0. The first-order valence-electron chi connectivity index (χ1n) is 3.01. The van der Waals surface area contributed by atoms with Gasteiger partial charge in [0.05, 0.1) is 6.20 Å². The molecular weight excluding hydrogens is 202 g/mol. The van der Waals surface area contributed by atoms with E-state index in [1.807, 2.05) is 0 Å². The molecule has 0 unspecified atom stereocenters. The molecule has 0 spiro atoms. The average molecular weight is 205 g/mol. The van der Waals surface area contributed by atoms with E-state index in [1.165, 1.54) is 0 Å². The lowest BCUT2D eigenvalue weighted by Crippen LogP contribution is -2.40. The fourth-order valence-corrected chi connectivity index (χ4v) is 1.49. The number of anilines is 1. The highest BCUT2D eigenvalue weighted by molar-refractivity contribution is 7.82. The van der Waals surface area contributed by atoms with Crippen LogP contribution in [0.1, 0.15) is 0 Å². The standard InChI is InChI=1S/C4H3N3O5S/c5-3-2-1-6-4(8)7(3)12-13(9,10)11-2/h1H,5H2. The van der Waals surface area contributed by atoms with E-state index < -0.39 is 16.1 Å². The number of aromatic nitrogens is 2. The van der Waals surface area contributed by atoms with Crippen LogP contribution >= 0.6 is 0 Å². The Morgan fingerprint density at radius 3 is 2.92 bits per heavy atom. The van der Waals surface area contributed by atoms with Crippen LogP contribution in [-0.4, -0.2) is 18.1 Å². The molecule has 0 atom stereocenters. The van der Waals surface area contributed by atoms with Crippen LogP contribution in [0.4, 0.5) is 5.82 Å². The summed E-state index contributed by atoms with van der Waals surface area (Å²) in [6.45, 7) is 0. The maximum atomic E-state index is 10.9.